The van der Waals surface area contributed by atoms with Gasteiger partial charge in [-0.05, 0) is 18.6 Å². The van der Waals surface area contributed by atoms with Crippen LogP contribution in [0, 0.1) is 0 Å². The van der Waals surface area contributed by atoms with Crippen LogP contribution < -0.4 is 0 Å². The van der Waals surface area contributed by atoms with Crippen molar-refractivity contribution in [3.05, 3.63) is 59.7 Å². The summed E-state index contributed by atoms with van der Waals surface area (Å²) in [5.74, 6) is 0. The van der Waals surface area contributed by atoms with Crippen LogP contribution in [0.15, 0.2) is 48.5 Å². The zero-order chi connectivity index (χ0) is 17.0. The van der Waals surface area contributed by atoms with Crippen LogP contribution in [-0.4, -0.2) is 21.7 Å². The van der Waals surface area contributed by atoms with Crippen molar-refractivity contribution in [2.45, 2.75) is 19.5 Å². The molecule has 0 unspecified atom stereocenters. The number of rotatable bonds is 2. The smallest absolute Gasteiger partial charge is 0.152 e. The van der Waals surface area contributed by atoms with Crippen molar-refractivity contribution in [2.75, 3.05) is 0 Å². The monoisotopic (exact) mass is 328 g/mol. The minimum Gasteiger partial charge on any atom is -0.339 e. The van der Waals surface area contributed by atoms with E-state index in [1.54, 1.807) is 0 Å². The summed E-state index contributed by atoms with van der Waals surface area (Å²) in [5.41, 5.74) is 5.18. The summed E-state index contributed by atoms with van der Waals surface area (Å²) in [6.07, 6.45) is 2.81. The predicted molar refractivity (Wildman–Crippen MR) is 98.3 cm³/mol. The molecule has 0 bridgehead atoms. The largest absolute Gasteiger partial charge is 0.339 e. The first-order valence-electron chi connectivity index (χ1n) is 8.48. The van der Waals surface area contributed by atoms with Crippen molar-refractivity contribution < 1.29 is 9.59 Å². The van der Waals surface area contributed by atoms with Gasteiger partial charge in [-0.1, -0.05) is 36.4 Å². The van der Waals surface area contributed by atoms with E-state index in [1.807, 2.05) is 48.5 Å². The number of aryl methyl sites for hydroxylation is 2. The summed E-state index contributed by atoms with van der Waals surface area (Å²) < 4.78 is 4.40. The molecule has 0 saturated carbocycles. The Labute approximate surface area is 144 Å². The highest BCUT2D eigenvalue weighted by Crippen LogP contribution is 2.40. The number of fused-ring (bicyclic) bond motifs is 7. The summed E-state index contributed by atoms with van der Waals surface area (Å²) >= 11 is 0. The molecular weight excluding hydrogens is 312 g/mol. The molecule has 3 heterocycles. The summed E-state index contributed by atoms with van der Waals surface area (Å²) in [4.78, 5) is 24.0. The number of hydrogen-bond donors (Lipinski definition) is 0. The second kappa shape index (κ2) is 5.18. The lowest BCUT2D eigenvalue weighted by atomic mass is 10.1. The number of para-hydroxylation sites is 2. The molecule has 0 N–H and O–H groups in total. The van der Waals surface area contributed by atoms with E-state index in [-0.39, 0.29) is 0 Å². The Bertz CT molecular complexity index is 1070. The molecule has 122 valence electrons. The molecule has 4 heteroatoms. The maximum atomic E-state index is 12.0. The topological polar surface area (TPSA) is 44.0 Å². The van der Waals surface area contributed by atoms with Crippen molar-refractivity contribution >= 4 is 34.4 Å². The Morgan fingerprint density at radius 3 is 1.56 bits per heavy atom. The number of aldehydes is 2. The molecule has 0 spiro atoms. The van der Waals surface area contributed by atoms with Gasteiger partial charge in [0.2, 0.25) is 0 Å². The summed E-state index contributed by atoms with van der Waals surface area (Å²) in [6.45, 7) is 1.66. The fourth-order valence-electron chi connectivity index (χ4n) is 4.26. The highest BCUT2D eigenvalue weighted by molar-refractivity contribution is 6.11. The van der Waals surface area contributed by atoms with Gasteiger partial charge in [-0.3, -0.25) is 9.59 Å². The Morgan fingerprint density at radius 2 is 1.12 bits per heavy atom. The van der Waals surface area contributed by atoms with E-state index < -0.39 is 0 Å². The molecule has 1 aliphatic rings. The lowest BCUT2D eigenvalue weighted by Crippen LogP contribution is -2.00. The zero-order valence-electron chi connectivity index (χ0n) is 13.6. The molecule has 0 aliphatic carbocycles. The van der Waals surface area contributed by atoms with Crippen molar-refractivity contribution in [3.8, 4) is 11.4 Å². The van der Waals surface area contributed by atoms with E-state index in [0.717, 1.165) is 65.3 Å². The summed E-state index contributed by atoms with van der Waals surface area (Å²) in [6, 6.07) is 15.9. The fourth-order valence-corrected chi connectivity index (χ4v) is 4.26. The van der Waals surface area contributed by atoms with Crippen LogP contribution in [0.3, 0.4) is 0 Å². The number of carbonyl (C=O) groups excluding carboxylic acids is 2. The molecule has 25 heavy (non-hydrogen) atoms. The van der Waals surface area contributed by atoms with Gasteiger partial charge in [0.05, 0.1) is 11.4 Å². The standard InChI is InChI=1S/C21H16N2O2/c24-12-16-14-6-1-3-8-18(14)22-10-5-11-23-19-9-4-2-7-15(19)17(13-25)21(23)20(16)22/h1-4,6-9,12-13H,5,10-11H2. The molecule has 4 aromatic rings. The van der Waals surface area contributed by atoms with E-state index in [1.165, 1.54) is 0 Å². The molecule has 4 nitrogen and oxygen atoms in total. The molecule has 0 fully saturated rings. The molecule has 1 aliphatic heterocycles. The van der Waals surface area contributed by atoms with Crippen LogP contribution in [-0.2, 0) is 13.1 Å². The highest BCUT2D eigenvalue weighted by atomic mass is 16.1. The Balaban J connectivity index is 2.03. The van der Waals surface area contributed by atoms with Crippen LogP contribution >= 0.6 is 0 Å². The SMILES string of the molecule is O=Cc1c2n(c3ccccc13)CCCn1c-2c(C=O)c2ccccc21. The molecule has 0 amide bonds. The Kier molecular flexibility index (Phi) is 2.95. The van der Waals surface area contributed by atoms with E-state index in [0.29, 0.717) is 11.1 Å². The summed E-state index contributed by atoms with van der Waals surface area (Å²) in [5, 5.41) is 1.89. The van der Waals surface area contributed by atoms with Crippen LogP contribution in [0.2, 0.25) is 0 Å². The maximum absolute atomic E-state index is 12.0. The first kappa shape index (κ1) is 14.2. The molecule has 2 aromatic heterocycles. The average Bonchev–Trinajstić information content (AvgIpc) is 3.06. The van der Waals surface area contributed by atoms with E-state index >= 15 is 0 Å². The van der Waals surface area contributed by atoms with Crippen molar-refractivity contribution in [3.63, 3.8) is 0 Å². The minimum atomic E-state index is 0.671. The van der Waals surface area contributed by atoms with Gasteiger partial charge in [0.25, 0.3) is 0 Å². The number of aromatic nitrogens is 2. The van der Waals surface area contributed by atoms with Gasteiger partial charge in [0.1, 0.15) is 0 Å². The van der Waals surface area contributed by atoms with Gasteiger partial charge >= 0.3 is 0 Å². The lowest BCUT2D eigenvalue weighted by molar-refractivity contribution is 0.111. The molecule has 0 saturated heterocycles. The second-order valence-electron chi connectivity index (χ2n) is 6.45. The van der Waals surface area contributed by atoms with Gasteiger partial charge in [-0.25, -0.2) is 0 Å². The fraction of sp³-hybridized carbons (Fsp3) is 0.143. The number of carbonyl (C=O) groups is 2. The van der Waals surface area contributed by atoms with Gasteiger partial charge in [0.15, 0.2) is 12.6 Å². The zero-order valence-corrected chi connectivity index (χ0v) is 13.6. The highest BCUT2D eigenvalue weighted by Gasteiger charge is 2.27. The third-order valence-corrected chi connectivity index (χ3v) is 5.24. The van der Waals surface area contributed by atoms with E-state index in [9.17, 15) is 9.59 Å². The minimum absolute atomic E-state index is 0.671. The second-order valence-corrected chi connectivity index (χ2v) is 6.45. The lowest BCUT2D eigenvalue weighted by Gasteiger charge is -2.08. The Morgan fingerprint density at radius 1 is 0.680 bits per heavy atom. The van der Waals surface area contributed by atoms with Crippen molar-refractivity contribution in [2.24, 2.45) is 0 Å². The molecule has 5 rings (SSSR count). The van der Waals surface area contributed by atoms with Gasteiger partial charge in [0, 0.05) is 46.0 Å². The van der Waals surface area contributed by atoms with Gasteiger partial charge in [-0.2, -0.15) is 0 Å². The normalized spacial score (nSPS) is 13.4. The van der Waals surface area contributed by atoms with Crippen LogP contribution in [0.1, 0.15) is 27.1 Å². The molecular formula is C21H16N2O2. The third kappa shape index (κ3) is 1.76. The summed E-state index contributed by atoms with van der Waals surface area (Å²) in [7, 11) is 0. The molecule has 0 radical (unpaired) electrons. The number of nitrogens with zero attached hydrogens (tertiary/aromatic N) is 2. The van der Waals surface area contributed by atoms with Crippen LogP contribution in [0.25, 0.3) is 33.2 Å². The third-order valence-electron chi connectivity index (χ3n) is 5.24. The number of benzene rings is 2. The average molecular weight is 328 g/mol. The van der Waals surface area contributed by atoms with Gasteiger partial charge in [-0.15, -0.1) is 0 Å². The predicted octanol–water partition coefficient (Wildman–Crippen LogP) is 4.29. The van der Waals surface area contributed by atoms with E-state index in [4.69, 9.17) is 0 Å². The van der Waals surface area contributed by atoms with Crippen LogP contribution in [0.4, 0.5) is 0 Å². The van der Waals surface area contributed by atoms with Crippen LogP contribution in [0.5, 0.6) is 0 Å². The maximum Gasteiger partial charge on any atom is 0.152 e. The number of hydrogen-bond acceptors (Lipinski definition) is 2. The molecule has 2 aromatic carbocycles. The first-order valence-corrected chi connectivity index (χ1v) is 8.48. The van der Waals surface area contributed by atoms with Gasteiger partial charge < -0.3 is 9.13 Å². The van der Waals surface area contributed by atoms with Crippen molar-refractivity contribution in [1.82, 2.24) is 9.13 Å². The first-order chi connectivity index (χ1) is 12.3. The molecule has 0 atom stereocenters. The Hall–Kier alpha value is -3.14. The van der Waals surface area contributed by atoms with E-state index in [2.05, 4.69) is 9.13 Å². The quantitative estimate of drug-likeness (QED) is 0.515. The van der Waals surface area contributed by atoms with Crippen molar-refractivity contribution in [1.29, 1.82) is 0 Å².